The van der Waals surface area contributed by atoms with Crippen LogP contribution < -0.4 is 18.9 Å². The summed E-state index contributed by atoms with van der Waals surface area (Å²) in [7, 11) is 0. The van der Waals surface area contributed by atoms with Gasteiger partial charge in [0.05, 0.1) is 0 Å². The summed E-state index contributed by atoms with van der Waals surface area (Å²) < 4.78 is 2.19. The fourth-order valence-corrected chi connectivity index (χ4v) is 1.58. The van der Waals surface area contributed by atoms with Gasteiger partial charge in [0.25, 0.3) is 0 Å². The number of halogens is 2. The normalized spacial score (nSPS) is 8.25. The Morgan fingerprint density at radius 1 is 1.50 bits per heavy atom. The van der Waals surface area contributed by atoms with Gasteiger partial charge in [-0.2, -0.15) is 6.07 Å². The molecule has 1 aromatic heterocycles. The molecule has 0 aliphatic heterocycles. The maximum Gasteiger partial charge on any atom is 1.00 e. The van der Waals surface area contributed by atoms with E-state index in [1.54, 1.807) is 11.3 Å². The van der Waals surface area contributed by atoms with Crippen molar-refractivity contribution in [3.8, 4) is 0 Å². The van der Waals surface area contributed by atoms with E-state index in [9.17, 15) is 0 Å². The van der Waals surface area contributed by atoms with Crippen LogP contribution in [-0.2, 0) is 0 Å². The van der Waals surface area contributed by atoms with Crippen LogP contribution in [0.5, 0.6) is 0 Å². The van der Waals surface area contributed by atoms with Crippen LogP contribution >= 0.6 is 43.2 Å². The van der Waals surface area contributed by atoms with Gasteiger partial charge in [0.1, 0.15) is 0 Å². The molecule has 4 heteroatoms. The summed E-state index contributed by atoms with van der Waals surface area (Å²) in [5.41, 5.74) is 0. The molecule has 0 fully saturated rings. The summed E-state index contributed by atoms with van der Waals surface area (Å²) in [4.78, 5) is 0. The Bertz CT molecular complexity index is 146. The van der Waals surface area contributed by atoms with E-state index in [4.69, 9.17) is 0 Å². The average molecular weight is 248 g/mol. The first-order valence-electron chi connectivity index (χ1n) is 1.61. The van der Waals surface area contributed by atoms with E-state index in [0.29, 0.717) is 0 Å². The Morgan fingerprint density at radius 3 is 2.25 bits per heavy atom. The molecule has 0 atom stereocenters. The van der Waals surface area contributed by atoms with Gasteiger partial charge in [0, 0.05) is 0 Å². The van der Waals surface area contributed by atoms with Crippen molar-refractivity contribution in [3.63, 3.8) is 0 Å². The first-order chi connectivity index (χ1) is 3.30. The van der Waals surface area contributed by atoms with Crippen LogP contribution in [0.1, 0.15) is 0 Å². The Morgan fingerprint density at radius 2 is 2.12 bits per heavy atom. The van der Waals surface area contributed by atoms with Crippen molar-refractivity contribution in [1.29, 1.82) is 0 Å². The molecule has 0 radical (unpaired) electrons. The molecule has 8 heavy (non-hydrogen) atoms. The van der Waals surface area contributed by atoms with E-state index >= 15 is 0 Å². The van der Waals surface area contributed by atoms with E-state index < -0.39 is 0 Å². The molecular formula is C4HBr2LiS. The summed E-state index contributed by atoms with van der Waals surface area (Å²) in [5, 5.41) is 2.95. The van der Waals surface area contributed by atoms with Crippen molar-refractivity contribution >= 4 is 43.2 Å². The number of hydrogen-bond donors (Lipinski definition) is 0. The minimum Gasteiger partial charge on any atom is -0.288 e. The number of thiophene rings is 1. The smallest absolute Gasteiger partial charge is 0.288 e. The van der Waals surface area contributed by atoms with Gasteiger partial charge >= 0.3 is 18.9 Å². The average Bonchev–Trinajstić information content (AvgIpc) is 1.91. The summed E-state index contributed by atoms with van der Waals surface area (Å²) in [6, 6.07) is 1.88. The summed E-state index contributed by atoms with van der Waals surface area (Å²) in [6.07, 6.45) is 0. The Kier molecular flexibility index (Phi) is 4.78. The van der Waals surface area contributed by atoms with E-state index in [2.05, 4.69) is 37.2 Å². The first kappa shape index (κ1) is 9.26. The van der Waals surface area contributed by atoms with Crippen molar-refractivity contribution < 1.29 is 18.9 Å². The molecule has 0 aliphatic rings. The second-order valence-electron chi connectivity index (χ2n) is 0.986. The summed E-state index contributed by atoms with van der Waals surface area (Å²) in [5.74, 6) is 0. The molecule has 1 rings (SSSR count). The predicted molar refractivity (Wildman–Crippen MR) is 38.6 cm³/mol. The van der Waals surface area contributed by atoms with Crippen LogP contribution in [-0.4, -0.2) is 0 Å². The fourth-order valence-electron chi connectivity index (χ4n) is 0.238. The molecule has 1 aromatic rings. The molecule has 0 amide bonds. The van der Waals surface area contributed by atoms with Crippen molar-refractivity contribution in [1.82, 2.24) is 0 Å². The molecule has 0 saturated heterocycles. The molecule has 0 bridgehead atoms. The van der Waals surface area contributed by atoms with Gasteiger partial charge in [0.15, 0.2) is 0 Å². The monoisotopic (exact) mass is 246 g/mol. The van der Waals surface area contributed by atoms with E-state index in [-0.39, 0.29) is 18.9 Å². The third kappa shape index (κ3) is 2.24. The number of rotatable bonds is 0. The van der Waals surface area contributed by atoms with Gasteiger partial charge in [0.2, 0.25) is 0 Å². The maximum absolute atomic E-state index is 3.31. The Balaban J connectivity index is 0.000000490. The van der Waals surface area contributed by atoms with Gasteiger partial charge in [-0.15, -0.1) is 41.7 Å². The van der Waals surface area contributed by atoms with Crippen LogP contribution in [0.4, 0.5) is 0 Å². The largest absolute Gasteiger partial charge is 1.00 e. The van der Waals surface area contributed by atoms with Crippen LogP contribution in [0, 0.1) is 5.38 Å². The molecule has 0 N–H and O–H groups in total. The molecule has 0 aromatic carbocycles. The minimum absolute atomic E-state index is 0. The fraction of sp³-hybridized carbons (Fsp3) is 0. The quantitative estimate of drug-likeness (QED) is 0.450. The van der Waals surface area contributed by atoms with Crippen molar-refractivity contribution in [2.45, 2.75) is 0 Å². The van der Waals surface area contributed by atoms with Crippen LogP contribution in [0.15, 0.2) is 14.3 Å². The maximum atomic E-state index is 3.31. The zero-order valence-electron chi connectivity index (χ0n) is 4.24. The molecule has 1 heterocycles. The van der Waals surface area contributed by atoms with E-state index in [1.807, 2.05) is 6.07 Å². The van der Waals surface area contributed by atoms with E-state index in [1.165, 1.54) is 0 Å². The molecule has 0 unspecified atom stereocenters. The SMILES string of the molecule is Brc1c[c-]sc1Br.[Li+]. The zero-order valence-corrected chi connectivity index (χ0v) is 8.23. The molecule has 0 saturated carbocycles. The van der Waals surface area contributed by atoms with Crippen LogP contribution in [0.3, 0.4) is 0 Å². The second-order valence-corrected chi connectivity index (χ2v) is 4.01. The molecule has 0 aliphatic carbocycles. The van der Waals surface area contributed by atoms with Gasteiger partial charge in [-0.25, -0.2) is 0 Å². The Hall–Kier alpha value is 1.26. The first-order valence-corrected chi connectivity index (χ1v) is 4.02. The van der Waals surface area contributed by atoms with Gasteiger partial charge in [-0.3, -0.25) is 11.3 Å². The minimum atomic E-state index is 0. The zero-order chi connectivity index (χ0) is 5.28. The van der Waals surface area contributed by atoms with Gasteiger partial charge in [-0.1, -0.05) is 3.79 Å². The van der Waals surface area contributed by atoms with E-state index in [0.717, 1.165) is 8.26 Å². The van der Waals surface area contributed by atoms with Crippen molar-refractivity contribution in [2.75, 3.05) is 0 Å². The summed E-state index contributed by atoms with van der Waals surface area (Å²) in [6.45, 7) is 0. The standard InChI is InChI=1S/C4HBr2S.Li/c5-3-1-2-7-4(3)6;/h1H;/q-1;+1. The van der Waals surface area contributed by atoms with Crippen LogP contribution in [0.2, 0.25) is 0 Å². The van der Waals surface area contributed by atoms with Crippen molar-refractivity contribution in [3.05, 3.63) is 19.7 Å². The number of hydrogen-bond acceptors (Lipinski definition) is 1. The van der Waals surface area contributed by atoms with Gasteiger partial charge < -0.3 is 0 Å². The molecule has 0 nitrogen and oxygen atoms in total. The third-order valence-electron chi connectivity index (χ3n) is 0.522. The second kappa shape index (κ2) is 4.13. The van der Waals surface area contributed by atoms with Gasteiger partial charge in [-0.05, 0) is 0 Å². The molecular weight excluding hydrogens is 247 g/mol. The predicted octanol–water partition coefficient (Wildman–Crippen LogP) is 0.0773. The molecule has 0 spiro atoms. The molecule has 38 valence electrons. The topological polar surface area (TPSA) is 0 Å². The summed E-state index contributed by atoms with van der Waals surface area (Å²) >= 11 is 8.15. The Labute approximate surface area is 81.1 Å². The van der Waals surface area contributed by atoms with Crippen molar-refractivity contribution in [2.24, 2.45) is 0 Å². The van der Waals surface area contributed by atoms with Crippen LogP contribution in [0.25, 0.3) is 0 Å². The third-order valence-corrected chi connectivity index (χ3v) is 3.49.